The number of carbonyl (C=O) groups is 1. The molecule has 2 N–H and O–H groups in total. The van der Waals surface area contributed by atoms with Crippen LogP contribution in [0.25, 0.3) is 10.4 Å². The number of thiophene rings is 1. The smallest absolute Gasteiger partial charge is 0.350 e. The Morgan fingerprint density at radius 1 is 1.35 bits per heavy atom. The van der Waals surface area contributed by atoms with Gasteiger partial charge < -0.3 is 15.2 Å². The van der Waals surface area contributed by atoms with Crippen molar-refractivity contribution in [3.8, 4) is 16.2 Å². The van der Waals surface area contributed by atoms with E-state index in [-0.39, 0.29) is 0 Å². The lowest BCUT2D eigenvalue weighted by Gasteiger charge is -2.08. The summed E-state index contributed by atoms with van der Waals surface area (Å²) < 4.78 is 10.1. The van der Waals surface area contributed by atoms with E-state index in [1.54, 1.807) is 25.3 Å². The molecule has 106 valence electrons. The zero-order valence-electron chi connectivity index (χ0n) is 11.3. The second-order valence-electron chi connectivity index (χ2n) is 4.14. The van der Waals surface area contributed by atoms with Gasteiger partial charge in [-0.05, 0) is 30.7 Å². The first-order valence-corrected chi connectivity index (χ1v) is 7.00. The van der Waals surface area contributed by atoms with Crippen molar-refractivity contribution in [2.24, 2.45) is 0 Å². The first-order valence-electron chi connectivity index (χ1n) is 5.80. The summed E-state index contributed by atoms with van der Waals surface area (Å²) in [6, 6.07) is 5.32. The average molecular weight is 312 g/mol. The van der Waals surface area contributed by atoms with Gasteiger partial charge in [-0.1, -0.05) is 11.6 Å². The minimum absolute atomic E-state index is 0.391. The Balaban J connectivity index is 2.65. The molecular weight excluding hydrogens is 298 g/mol. The van der Waals surface area contributed by atoms with Gasteiger partial charge in [-0.3, -0.25) is 0 Å². The molecule has 2 aromatic rings. The van der Waals surface area contributed by atoms with Crippen LogP contribution >= 0.6 is 22.9 Å². The first-order chi connectivity index (χ1) is 9.49. The van der Waals surface area contributed by atoms with Crippen molar-refractivity contribution >= 4 is 34.6 Å². The Bertz CT molecular complexity index is 667. The van der Waals surface area contributed by atoms with E-state index >= 15 is 0 Å². The molecule has 0 amide bonds. The molecule has 0 aliphatic heterocycles. The second kappa shape index (κ2) is 5.73. The Morgan fingerprint density at radius 2 is 2.05 bits per heavy atom. The Morgan fingerprint density at radius 3 is 2.65 bits per heavy atom. The van der Waals surface area contributed by atoms with E-state index in [0.717, 1.165) is 16.0 Å². The van der Waals surface area contributed by atoms with Crippen LogP contribution in [0.3, 0.4) is 0 Å². The predicted octanol–water partition coefficient (Wildman–Crippen LogP) is 3.75. The topological polar surface area (TPSA) is 61.5 Å². The van der Waals surface area contributed by atoms with Gasteiger partial charge in [-0.2, -0.15) is 0 Å². The Labute approximate surface area is 126 Å². The number of nitrogen functional groups attached to an aromatic ring is 1. The molecule has 0 aliphatic rings. The lowest BCUT2D eigenvalue weighted by Crippen LogP contribution is -2.01. The monoisotopic (exact) mass is 311 g/mol. The third kappa shape index (κ3) is 2.46. The quantitative estimate of drug-likeness (QED) is 0.877. The third-order valence-electron chi connectivity index (χ3n) is 2.97. The highest BCUT2D eigenvalue weighted by atomic mass is 35.5. The lowest BCUT2D eigenvalue weighted by atomic mass is 10.1. The van der Waals surface area contributed by atoms with Gasteiger partial charge in [0.25, 0.3) is 0 Å². The molecule has 4 nitrogen and oxygen atoms in total. The van der Waals surface area contributed by atoms with E-state index in [1.165, 1.54) is 18.4 Å². The van der Waals surface area contributed by atoms with Crippen LogP contribution in [0.2, 0.25) is 5.02 Å². The van der Waals surface area contributed by atoms with E-state index in [1.807, 2.05) is 6.92 Å². The molecule has 1 heterocycles. The maximum Gasteiger partial charge on any atom is 0.350 e. The predicted molar refractivity (Wildman–Crippen MR) is 81.8 cm³/mol. The van der Waals surface area contributed by atoms with E-state index in [9.17, 15) is 4.79 Å². The Hall–Kier alpha value is -1.72. The number of hydrogen-bond acceptors (Lipinski definition) is 5. The molecule has 2 rings (SSSR count). The third-order valence-corrected chi connectivity index (χ3v) is 4.53. The van der Waals surface area contributed by atoms with Crippen molar-refractivity contribution in [2.45, 2.75) is 6.92 Å². The second-order valence-corrected chi connectivity index (χ2v) is 5.59. The summed E-state index contributed by atoms with van der Waals surface area (Å²) in [6.45, 7) is 1.86. The normalized spacial score (nSPS) is 10.4. The number of esters is 1. The molecule has 6 heteroatoms. The highest BCUT2D eigenvalue weighted by Crippen LogP contribution is 2.43. The minimum atomic E-state index is -0.442. The van der Waals surface area contributed by atoms with Gasteiger partial charge in [0.15, 0.2) is 0 Å². The summed E-state index contributed by atoms with van der Waals surface area (Å²) in [6.07, 6.45) is 0. The van der Waals surface area contributed by atoms with Crippen molar-refractivity contribution in [1.82, 2.24) is 0 Å². The molecule has 0 spiro atoms. The SMILES string of the molecule is COC(=O)c1sc(-c2cc(Cl)ccc2OC)c(C)c1N. The molecule has 20 heavy (non-hydrogen) atoms. The number of ether oxygens (including phenoxy) is 2. The molecule has 0 bridgehead atoms. The average Bonchev–Trinajstić information content (AvgIpc) is 2.74. The molecule has 0 fully saturated rings. The van der Waals surface area contributed by atoms with Crippen LogP contribution in [0, 0.1) is 6.92 Å². The largest absolute Gasteiger partial charge is 0.496 e. The van der Waals surface area contributed by atoms with Gasteiger partial charge in [-0.25, -0.2) is 4.79 Å². The number of halogens is 1. The standard InChI is InChI=1S/C14H14ClNO3S/c1-7-11(16)13(14(17)19-3)20-12(7)9-6-8(15)4-5-10(9)18-2/h4-6H,16H2,1-3H3. The van der Waals surface area contributed by atoms with Gasteiger partial charge in [0.05, 0.1) is 19.9 Å². The van der Waals surface area contributed by atoms with Crippen LogP contribution in [-0.2, 0) is 4.74 Å². The maximum absolute atomic E-state index is 11.7. The summed E-state index contributed by atoms with van der Waals surface area (Å²) in [5.74, 6) is 0.234. The van der Waals surface area contributed by atoms with E-state index in [4.69, 9.17) is 26.8 Å². The number of rotatable bonds is 3. The van der Waals surface area contributed by atoms with Gasteiger partial charge in [0.2, 0.25) is 0 Å². The van der Waals surface area contributed by atoms with Gasteiger partial charge in [0, 0.05) is 15.5 Å². The van der Waals surface area contributed by atoms with Crippen LogP contribution in [0.15, 0.2) is 18.2 Å². The van der Waals surface area contributed by atoms with Crippen molar-refractivity contribution in [3.63, 3.8) is 0 Å². The van der Waals surface area contributed by atoms with E-state index in [0.29, 0.717) is 21.3 Å². The van der Waals surface area contributed by atoms with Gasteiger partial charge in [0.1, 0.15) is 10.6 Å². The fourth-order valence-electron chi connectivity index (χ4n) is 1.89. The van der Waals surface area contributed by atoms with Crippen molar-refractivity contribution in [3.05, 3.63) is 33.7 Å². The molecule has 1 aromatic heterocycles. The van der Waals surface area contributed by atoms with Crippen LogP contribution in [-0.4, -0.2) is 20.2 Å². The molecule has 0 aliphatic carbocycles. The number of carbonyl (C=O) groups excluding carboxylic acids is 1. The van der Waals surface area contributed by atoms with Crippen molar-refractivity contribution in [1.29, 1.82) is 0 Å². The zero-order chi connectivity index (χ0) is 14.9. The van der Waals surface area contributed by atoms with Crippen LogP contribution in [0.5, 0.6) is 5.75 Å². The van der Waals surface area contributed by atoms with Crippen molar-refractivity contribution in [2.75, 3.05) is 20.0 Å². The molecule has 0 saturated heterocycles. The number of nitrogens with two attached hydrogens (primary N) is 1. The van der Waals surface area contributed by atoms with Crippen molar-refractivity contribution < 1.29 is 14.3 Å². The summed E-state index contributed by atoms with van der Waals surface area (Å²) >= 11 is 7.31. The molecule has 1 aromatic carbocycles. The highest BCUT2D eigenvalue weighted by molar-refractivity contribution is 7.18. The number of hydrogen-bond donors (Lipinski definition) is 1. The fraction of sp³-hybridized carbons (Fsp3) is 0.214. The number of benzene rings is 1. The number of methoxy groups -OCH3 is 2. The molecule has 0 atom stereocenters. The summed E-state index contributed by atoms with van der Waals surface area (Å²) in [5, 5.41) is 0.590. The Kier molecular flexibility index (Phi) is 4.20. The zero-order valence-corrected chi connectivity index (χ0v) is 12.9. The summed E-state index contributed by atoms with van der Waals surface area (Å²) in [5.41, 5.74) is 8.04. The maximum atomic E-state index is 11.7. The van der Waals surface area contributed by atoms with E-state index < -0.39 is 5.97 Å². The van der Waals surface area contributed by atoms with Crippen LogP contribution in [0.1, 0.15) is 15.2 Å². The molecular formula is C14H14ClNO3S. The lowest BCUT2D eigenvalue weighted by molar-refractivity contribution is 0.0607. The highest BCUT2D eigenvalue weighted by Gasteiger charge is 2.21. The summed E-state index contributed by atoms with van der Waals surface area (Å²) in [7, 11) is 2.91. The first kappa shape index (κ1) is 14.7. The molecule has 0 unspecified atom stereocenters. The van der Waals surface area contributed by atoms with Crippen LogP contribution in [0.4, 0.5) is 5.69 Å². The van der Waals surface area contributed by atoms with Crippen LogP contribution < -0.4 is 10.5 Å². The molecule has 0 saturated carbocycles. The van der Waals surface area contributed by atoms with Gasteiger partial charge in [-0.15, -0.1) is 11.3 Å². The van der Waals surface area contributed by atoms with E-state index in [2.05, 4.69) is 0 Å². The minimum Gasteiger partial charge on any atom is -0.496 e. The number of anilines is 1. The fourth-order valence-corrected chi connectivity index (χ4v) is 3.22. The summed E-state index contributed by atoms with van der Waals surface area (Å²) in [4.78, 5) is 12.9. The van der Waals surface area contributed by atoms with Gasteiger partial charge >= 0.3 is 5.97 Å². The molecule has 0 radical (unpaired) electrons.